The smallest absolute Gasteiger partial charge is 0.150 e. The Morgan fingerprint density at radius 2 is 1.60 bits per heavy atom. The molecule has 1 N–H and O–H groups in total. The van der Waals surface area contributed by atoms with Crippen molar-refractivity contribution in [3.8, 4) is 0 Å². The molecule has 4 nitrogen and oxygen atoms in total. The molecule has 0 amide bonds. The van der Waals surface area contributed by atoms with Crippen LogP contribution in [0.3, 0.4) is 0 Å². The Morgan fingerprint density at radius 3 is 2.20 bits per heavy atom. The van der Waals surface area contributed by atoms with Gasteiger partial charge in [-0.3, -0.25) is 4.84 Å². The molecule has 2 rings (SSSR count). The Balaban J connectivity index is 1.68. The van der Waals surface area contributed by atoms with Gasteiger partial charge in [0.1, 0.15) is 9.84 Å². The molecule has 1 aliphatic heterocycles. The van der Waals surface area contributed by atoms with Gasteiger partial charge in [0.05, 0.1) is 17.6 Å². The first-order valence-electron chi connectivity index (χ1n) is 5.77. The van der Waals surface area contributed by atoms with Crippen molar-refractivity contribution in [1.29, 1.82) is 0 Å². The van der Waals surface area contributed by atoms with E-state index in [0.717, 1.165) is 12.8 Å². The second kappa shape index (κ2) is 4.80. The zero-order valence-corrected chi connectivity index (χ0v) is 9.76. The van der Waals surface area contributed by atoms with Crippen molar-refractivity contribution in [3.63, 3.8) is 0 Å². The van der Waals surface area contributed by atoms with E-state index in [1.54, 1.807) is 0 Å². The monoisotopic (exact) mass is 233 g/mol. The van der Waals surface area contributed by atoms with E-state index in [9.17, 15) is 8.42 Å². The second-order valence-electron chi connectivity index (χ2n) is 4.57. The van der Waals surface area contributed by atoms with Gasteiger partial charge in [-0.2, -0.15) is 5.48 Å². The molecular weight excluding hydrogens is 214 g/mol. The minimum Gasteiger partial charge on any atom is -0.298 e. The van der Waals surface area contributed by atoms with Crippen molar-refractivity contribution in [1.82, 2.24) is 5.48 Å². The van der Waals surface area contributed by atoms with Crippen LogP contribution in [-0.4, -0.2) is 32.1 Å². The molecule has 0 unspecified atom stereocenters. The topological polar surface area (TPSA) is 55.4 Å². The molecule has 0 atom stereocenters. The lowest BCUT2D eigenvalue weighted by atomic mass is 10.2. The minimum absolute atomic E-state index is 0.231. The lowest BCUT2D eigenvalue weighted by molar-refractivity contribution is -0.0415. The van der Waals surface area contributed by atoms with Crippen LogP contribution in [0.2, 0.25) is 0 Å². The molecule has 15 heavy (non-hydrogen) atoms. The van der Waals surface area contributed by atoms with Gasteiger partial charge in [-0.1, -0.05) is 12.8 Å². The summed E-state index contributed by atoms with van der Waals surface area (Å²) >= 11 is 0. The van der Waals surface area contributed by atoms with Crippen LogP contribution in [0.25, 0.3) is 0 Å². The molecule has 1 saturated heterocycles. The standard InChI is InChI=1S/C10H19NO3S/c12-15(13)7-5-9(6-8-15)11-14-10-3-1-2-4-10/h9-11H,1-8H2. The summed E-state index contributed by atoms with van der Waals surface area (Å²) in [6.45, 7) is 0. The molecule has 0 aromatic heterocycles. The normalized spacial score (nSPS) is 28.3. The summed E-state index contributed by atoms with van der Waals surface area (Å²) in [6.07, 6.45) is 6.51. The van der Waals surface area contributed by atoms with Crippen molar-refractivity contribution < 1.29 is 13.3 Å². The van der Waals surface area contributed by atoms with E-state index < -0.39 is 9.84 Å². The summed E-state index contributed by atoms with van der Waals surface area (Å²) in [4.78, 5) is 5.57. The van der Waals surface area contributed by atoms with Crippen LogP contribution in [0, 0.1) is 0 Å². The van der Waals surface area contributed by atoms with E-state index in [1.807, 2.05) is 0 Å². The van der Waals surface area contributed by atoms with E-state index in [-0.39, 0.29) is 6.04 Å². The van der Waals surface area contributed by atoms with Gasteiger partial charge in [-0.25, -0.2) is 8.42 Å². The first kappa shape index (κ1) is 11.4. The van der Waals surface area contributed by atoms with E-state index in [2.05, 4.69) is 5.48 Å². The van der Waals surface area contributed by atoms with Crippen LogP contribution in [0.15, 0.2) is 0 Å². The molecule has 2 aliphatic rings. The minimum atomic E-state index is -2.75. The van der Waals surface area contributed by atoms with E-state index >= 15 is 0 Å². The average Bonchev–Trinajstić information content (AvgIpc) is 2.69. The maximum absolute atomic E-state index is 11.2. The maximum Gasteiger partial charge on any atom is 0.150 e. The highest BCUT2D eigenvalue weighted by molar-refractivity contribution is 7.91. The van der Waals surface area contributed by atoms with Gasteiger partial charge in [0.15, 0.2) is 0 Å². The Bertz CT molecular complexity index is 282. The van der Waals surface area contributed by atoms with Gasteiger partial charge in [0.2, 0.25) is 0 Å². The van der Waals surface area contributed by atoms with Crippen LogP contribution in [0.1, 0.15) is 38.5 Å². The number of hydrogen-bond acceptors (Lipinski definition) is 4. The third-order valence-corrected chi connectivity index (χ3v) is 4.97. The zero-order chi connectivity index (χ0) is 10.7. The van der Waals surface area contributed by atoms with Crippen molar-refractivity contribution in [3.05, 3.63) is 0 Å². The molecule has 2 fully saturated rings. The van der Waals surface area contributed by atoms with Crippen LogP contribution in [0.5, 0.6) is 0 Å². The van der Waals surface area contributed by atoms with Crippen LogP contribution in [-0.2, 0) is 14.7 Å². The first-order valence-corrected chi connectivity index (χ1v) is 7.59. The molecule has 0 aromatic rings. The second-order valence-corrected chi connectivity index (χ2v) is 6.87. The fourth-order valence-electron chi connectivity index (χ4n) is 2.21. The lowest BCUT2D eigenvalue weighted by Gasteiger charge is -2.24. The first-order chi connectivity index (χ1) is 7.16. The average molecular weight is 233 g/mol. The number of rotatable bonds is 3. The molecule has 88 valence electrons. The number of hydroxylamine groups is 1. The summed E-state index contributed by atoms with van der Waals surface area (Å²) in [5.74, 6) is 0.609. The Kier molecular flexibility index (Phi) is 3.64. The number of nitrogens with one attached hydrogen (secondary N) is 1. The third kappa shape index (κ3) is 3.43. The number of sulfone groups is 1. The highest BCUT2D eigenvalue weighted by Gasteiger charge is 2.24. The Labute approximate surface area is 91.3 Å². The highest BCUT2D eigenvalue weighted by atomic mass is 32.2. The third-order valence-electron chi connectivity index (χ3n) is 3.26. The Hall–Kier alpha value is -0.130. The van der Waals surface area contributed by atoms with E-state index in [1.165, 1.54) is 12.8 Å². The van der Waals surface area contributed by atoms with Gasteiger partial charge in [0, 0.05) is 6.04 Å². The lowest BCUT2D eigenvalue weighted by Crippen LogP contribution is -2.39. The van der Waals surface area contributed by atoms with Gasteiger partial charge in [-0.05, 0) is 25.7 Å². The Morgan fingerprint density at radius 1 is 1.00 bits per heavy atom. The largest absolute Gasteiger partial charge is 0.298 e. The van der Waals surface area contributed by atoms with Crippen molar-refractivity contribution in [2.45, 2.75) is 50.7 Å². The molecule has 0 spiro atoms. The number of hydrogen-bond donors (Lipinski definition) is 1. The molecule has 0 bridgehead atoms. The van der Waals surface area contributed by atoms with Gasteiger partial charge in [-0.15, -0.1) is 0 Å². The molecule has 1 saturated carbocycles. The highest BCUT2D eigenvalue weighted by Crippen LogP contribution is 2.21. The van der Waals surface area contributed by atoms with Gasteiger partial charge >= 0.3 is 0 Å². The zero-order valence-electron chi connectivity index (χ0n) is 8.94. The predicted molar refractivity (Wildman–Crippen MR) is 58.2 cm³/mol. The molecule has 5 heteroatoms. The predicted octanol–water partition coefficient (Wildman–Crippen LogP) is 1.03. The van der Waals surface area contributed by atoms with Crippen molar-refractivity contribution in [2.24, 2.45) is 0 Å². The van der Waals surface area contributed by atoms with Crippen LogP contribution < -0.4 is 5.48 Å². The summed E-state index contributed by atoms with van der Waals surface area (Å²) in [7, 11) is -2.75. The molecule has 1 aliphatic carbocycles. The SMILES string of the molecule is O=S1(=O)CCC(NOC2CCCC2)CC1. The summed E-state index contributed by atoms with van der Waals surface area (Å²) in [5, 5.41) is 0. The summed E-state index contributed by atoms with van der Waals surface area (Å²) in [6, 6.07) is 0.231. The van der Waals surface area contributed by atoms with Gasteiger partial charge < -0.3 is 0 Å². The molecule has 0 aromatic carbocycles. The summed E-state index contributed by atoms with van der Waals surface area (Å²) < 4.78 is 22.4. The van der Waals surface area contributed by atoms with E-state index in [4.69, 9.17) is 4.84 Å². The quantitative estimate of drug-likeness (QED) is 0.740. The van der Waals surface area contributed by atoms with Gasteiger partial charge in [0.25, 0.3) is 0 Å². The molecule has 0 radical (unpaired) electrons. The van der Waals surface area contributed by atoms with Crippen molar-refractivity contribution in [2.75, 3.05) is 11.5 Å². The summed E-state index contributed by atoms with van der Waals surface area (Å²) in [5.41, 5.74) is 3.04. The van der Waals surface area contributed by atoms with E-state index in [0.29, 0.717) is 30.5 Å². The molecular formula is C10H19NO3S. The van der Waals surface area contributed by atoms with Crippen LogP contribution in [0.4, 0.5) is 0 Å². The fourth-order valence-corrected chi connectivity index (χ4v) is 3.70. The maximum atomic E-state index is 11.2. The van der Waals surface area contributed by atoms with Crippen LogP contribution >= 0.6 is 0 Å². The van der Waals surface area contributed by atoms with Crippen molar-refractivity contribution >= 4 is 9.84 Å². The fraction of sp³-hybridized carbons (Fsp3) is 1.00. The molecule has 1 heterocycles.